The van der Waals surface area contributed by atoms with Gasteiger partial charge in [-0.2, -0.15) is 4.72 Å². The summed E-state index contributed by atoms with van der Waals surface area (Å²) in [5.74, 6) is -0.385. The van der Waals surface area contributed by atoms with Crippen molar-refractivity contribution in [3.63, 3.8) is 0 Å². The number of benzene rings is 1. The van der Waals surface area contributed by atoms with Crippen LogP contribution in [0.15, 0.2) is 28.5 Å². The van der Waals surface area contributed by atoms with E-state index in [1.54, 1.807) is 24.3 Å². The first-order valence-corrected chi connectivity index (χ1v) is 15.6. The van der Waals surface area contributed by atoms with Crippen molar-refractivity contribution < 1.29 is 18.0 Å². The van der Waals surface area contributed by atoms with Crippen molar-refractivity contribution in [3.8, 4) is 0 Å². The summed E-state index contributed by atoms with van der Waals surface area (Å²) in [4.78, 5) is 32.3. The Morgan fingerprint density at radius 2 is 1.95 bits per heavy atom. The first-order chi connectivity index (χ1) is 17.7. The molecule has 12 heteroatoms. The molecule has 3 saturated heterocycles. The van der Waals surface area contributed by atoms with E-state index >= 15 is 0 Å². The van der Waals surface area contributed by atoms with Crippen molar-refractivity contribution in [2.75, 3.05) is 46.3 Å². The van der Waals surface area contributed by atoms with E-state index in [-0.39, 0.29) is 28.6 Å². The maximum absolute atomic E-state index is 13.3. The van der Waals surface area contributed by atoms with Crippen molar-refractivity contribution in [1.29, 1.82) is 0 Å². The van der Waals surface area contributed by atoms with Crippen molar-refractivity contribution in [3.05, 3.63) is 29.3 Å². The third-order valence-corrected chi connectivity index (χ3v) is 11.0. The predicted molar refractivity (Wildman–Crippen MR) is 145 cm³/mol. The Bertz CT molecular complexity index is 1270. The fraction of sp³-hybridized carbons (Fsp3) is 0.600. The van der Waals surface area contributed by atoms with Crippen LogP contribution in [0.5, 0.6) is 0 Å². The molecule has 5 rings (SSSR count). The Balaban J connectivity index is 1.20. The lowest BCUT2D eigenvalue weighted by Crippen LogP contribution is -2.55. The summed E-state index contributed by atoms with van der Waals surface area (Å²) < 4.78 is 29.8. The van der Waals surface area contributed by atoms with Crippen LogP contribution in [-0.2, 0) is 19.6 Å². The Morgan fingerprint density at radius 3 is 2.73 bits per heavy atom. The molecule has 4 heterocycles. The molecule has 37 heavy (non-hydrogen) atoms. The van der Waals surface area contributed by atoms with Gasteiger partial charge in [-0.1, -0.05) is 11.6 Å². The van der Waals surface area contributed by atoms with Gasteiger partial charge in [0.15, 0.2) is 0 Å². The second kappa shape index (κ2) is 11.2. The number of fused-ring (bicyclic) bond motifs is 1. The second-order valence-electron chi connectivity index (χ2n) is 10.2. The number of likely N-dealkylation sites (tertiary alicyclic amines) is 3. The molecule has 0 radical (unpaired) electrons. The van der Waals surface area contributed by atoms with E-state index in [2.05, 4.69) is 14.9 Å². The van der Waals surface area contributed by atoms with Crippen molar-refractivity contribution in [1.82, 2.24) is 24.7 Å². The molecule has 202 valence electrons. The van der Waals surface area contributed by atoms with Crippen LogP contribution in [0.4, 0.5) is 0 Å². The molecule has 0 aliphatic carbocycles. The van der Waals surface area contributed by atoms with Gasteiger partial charge in [-0.3, -0.25) is 14.5 Å². The number of sulfonamides is 1. The number of nitrogens with one attached hydrogen (secondary N) is 2. The third-order valence-electron chi connectivity index (χ3n) is 7.72. The Hall–Kier alpha value is -1.76. The van der Waals surface area contributed by atoms with Crippen LogP contribution in [0, 0.1) is 0 Å². The van der Waals surface area contributed by atoms with Gasteiger partial charge in [0.25, 0.3) is 10.0 Å². The van der Waals surface area contributed by atoms with Crippen molar-refractivity contribution in [2.45, 2.75) is 54.4 Å². The number of rotatable bonds is 8. The van der Waals surface area contributed by atoms with Gasteiger partial charge < -0.3 is 15.1 Å². The normalized spacial score (nSPS) is 25.5. The highest BCUT2D eigenvalue weighted by Gasteiger charge is 2.37. The van der Waals surface area contributed by atoms with Gasteiger partial charge in [-0.15, -0.1) is 11.3 Å². The fourth-order valence-electron chi connectivity index (χ4n) is 5.71. The SMILES string of the molecule is CNC1CCN(C[C@@H]2CCCN2C(=O)CN2CCC[C@H](NS(=O)(=O)c3cc4cc(Cl)ccc4s3)C2=O)C1. The van der Waals surface area contributed by atoms with Crippen molar-refractivity contribution in [2.24, 2.45) is 0 Å². The van der Waals surface area contributed by atoms with E-state index in [1.165, 1.54) is 4.90 Å². The molecule has 2 amide bonds. The van der Waals surface area contributed by atoms with Gasteiger partial charge in [0.1, 0.15) is 10.3 Å². The average molecular weight is 568 g/mol. The molecule has 2 aromatic rings. The molecule has 0 spiro atoms. The summed E-state index contributed by atoms with van der Waals surface area (Å²) >= 11 is 7.18. The first-order valence-electron chi connectivity index (χ1n) is 12.9. The number of carbonyl (C=O) groups excluding carboxylic acids is 2. The number of amides is 2. The largest absolute Gasteiger partial charge is 0.337 e. The topological polar surface area (TPSA) is 102 Å². The molecule has 1 aromatic carbocycles. The number of hydrogen-bond acceptors (Lipinski definition) is 7. The number of thiophene rings is 1. The van der Waals surface area contributed by atoms with Gasteiger partial charge in [0.2, 0.25) is 11.8 Å². The van der Waals surface area contributed by atoms with E-state index in [9.17, 15) is 18.0 Å². The number of hydrogen-bond donors (Lipinski definition) is 2. The lowest BCUT2D eigenvalue weighted by atomic mass is 10.1. The van der Waals surface area contributed by atoms with E-state index in [0.717, 1.165) is 60.3 Å². The van der Waals surface area contributed by atoms with Crippen LogP contribution in [0.1, 0.15) is 32.1 Å². The summed E-state index contributed by atoms with van der Waals surface area (Å²) in [5.41, 5.74) is 0. The Kier molecular flexibility index (Phi) is 8.09. The molecule has 2 N–H and O–H groups in total. The summed E-state index contributed by atoms with van der Waals surface area (Å²) in [6, 6.07) is 6.60. The zero-order valence-electron chi connectivity index (χ0n) is 21.0. The predicted octanol–water partition coefficient (Wildman–Crippen LogP) is 2.11. The quantitative estimate of drug-likeness (QED) is 0.507. The van der Waals surface area contributed by atoms with Crippen LogP contribution >= 0.6 is 22.9 Å². The fourth-order valence-corrected chi connectivity index (χ4v) is 8.51. The molecule has 1 aromatic heterocycles. The number of nitrogens with zero attached hydrogens (tertiary/aromatic N) is 3. The highest BCUT2D eigenvalue weighted by molar-refractivity contribution is 7.91. The molecule has 3 fully saturated rings. The van der Waals surface area contributed by atoms with E-state index in [4.69, 9.17) is 11.6 Å². The van der Waals surface area contributed by atoms with Gasteiger partial charge in [-0.25, -0.2) is 8.42 Å². The van der Waals surface area contributed by atoms with Crippen LogP contribution < -0.4 is 10.0 Å². The molecular formula is C25H34ClN5O4S2. The molecule has 1 unspecified atom stereocenters. The average Bonchev–Trinajstić information content (AvgIpc) is 3.61. The highest BCUT2D eigenvalue weighted by Crippen LogP contribution is 2.31. The van der Waals surface area contributed by atoms with Crippen molar-refractivity contribution >= 4 is 54.9 Å². The minimum absolute atomic E-state index is 0.00586. The lowest BCUT2D eigenvalue weighted by molar-refractivity contribution is -0.143. The summed E-state index contributed by atoms with van der Waals surface area (Å²) in [7, 11) is -1.90. The Morgan fingerprint density at radius 1 is 1.14 bits per heavy atom. The van der Waals surface area contributed by atoms with Crippen LogP contribution in [0.2, 0.25) is 5.02 Å². The van der Waals surface area contributed by atoms with Gasteiger partial charge in [-0.05, 0) is 75.3 Å². The third kappa shape index (κ3) is 5.97. The number of likely N-dealkylation sites (N-methyl/N-ethyl adjacent to an activating group) is 1. The molecular weight excluding hydrogens is 534 g/mol. The number of halogens is 1. The van der Waals surface area contributed by atoms with E-state index in [0.29, 0.717) is 37.0 Å². The number of piperidine rings is 1. The zero-order valence-corrected chi connectivity index (χ0v) is 23.4. The molecule has 3 atom stereocenters. The highest BCUT2D eigenvalue weighted by atomic mass is 35.5. The van der Waals surface area contributed by atoms with Crippen LogP contribution in [0.3, 0.4) is 0 Å². The molecule has 0 saturated carbocycles. The Labute approximate surface area is 227 Å². The molecule has 3 aliphatic rings. The van der Waals surface area contributed by atoms with Crippen LogP contribution in [0.25, 0.3) is 10.1 Å². The van der Waals surface area contributed by atoms with Crippen LogP contribution in [-0.4, -0.2) is 99.4 Å². The maximum atomic E-state index is 13.3. The van der Waals surface area contributed by atoms with Gasteiger partial charge in [0.05, 0.1) is 6.54 Å². The van der Waals surface area contributed by atoms with E-state index < -0.39 is 16.1 Å². The summed E-state index contributed by atoms with van der Waals surface area (Å²) in [5, 5.41) is 4.61. The van der Waals surface area contributed by atoms with Gasteiger partial charge in [0, 0.05) is 48.0 Å². The van der Waals surface area contributed by atoms with E-state index in [1.807, 2.05) is 11.9 Å². The summed E-state index contributed by atoms with van der Waals surface area (Å²) in [6.45, 7) is 4.05. The second-order valence-corrected chi connectivity index (χ2v) is 13.7. The molecule has 0 bridgehead atoms. The number of carbonyl (C=O) groups is 2. The zero-order chi connectivity index (χ0) is 26.2. The molecule has 9 nitrogen and oxygen atoms in total. The monoisotopic (exact) mass is 567 g/mol. The lowest BCUT2D eigenvalue weighted by Gasteiger charge is -2.34. The minimum Gasteiger partial charge on any atom is -0.337 e. The smallest absolute Gasteiger partial charge is 0.250 e. The maximum Gasteiger partial charge on any atom is 0.250 e. The standard InChI is InChI=1S/C25H34ClN5O4S2/c1-27-19-8-11-29(14-19)15-20-4-2-10-31(20)23(32)16-30-9-3-5-21(25(30)33)28-37(34,35)24-13-17-12-18(26)6-7-22(17)36-24/h6-7,12-13,19-21,27-28H,2-5,8-11,14-16H2,1H3/t19?,20-,21-/m0/s1. The van der Waals surface area contributed by atoms with Gasteiger partial charge >= 0.3 is 0 Å². The first kappa shape index (κ1) is 26.8. The minimum atomic E-state index is -3.89. The summed E-state index contributed by atoms with van der Waals surface area (Å²) in [6.07, 6.45) is 4.11. The molecule has 3 aliphatic heterocycles.